The number of ether oxygens (including phenoxy) is 2. The van der Waals surface area contributed by atoms with Crippen LogP contribution in [0.3, 0.4) is 0 Å². The number of hydrogen-bond acceptors (Lipinski definition) is 5. The molecule has 0 fully saturated rings. The maximum atomic E-state index is 12.7. The van der Waals surface area contributed by atoms with Gasteiger partial charge in [-0.25, -0.2) is 13.2 Å². The zero-order valence-electron chi connectivity index (χ0n) is 15.7. The van der Waals surface area contributed by atoms with Gasteiger partial charge in [0.2, 0.25) is 0 Å². The Labute approximate surface area is 168 Å². The summed E-state index contributed by atoms with van der Waals surface area (Å²) < 4.78 is 38.4. The summed E-state index contributed by atoms with van der Waals surface area (Å²) in [6.07, 6.45) is 0. The summed E-state index contributed by atoms with van der Waals surface area (Å²) in [6.45, 7) is 0. The van der Waals surface area contributed by atoms with E-state index in [4.69, 9.17) is 14.6 Å². The number of carboxylic acid groups (broad SMARTS) is 1. The van der Waals surface area contributed by atoms with Crippen LogP contribution >= 0.6 is 0 Å². The van der Waals surface area contributed by atoms with Gasteiger partial charge in [0.05, 0.1) is 24.7 Å². The van der Waals surface area contributed by atoms with E-state index in [2.05, 4.69) is 4.72 Å². The molecule has 29 heavy (non-hydrogen) atoms. The number of aromatic carboxylic acids is 1. The van der Waals surface area contributed by atoms with Crippen molar-refractivity contribution in [3.05, 3.63) is 72.3 Å². The van der Waals surface area contributed by atoms with Crippen LogP contribution in [0.15, 0.2) is 71.6 Å². The molecular formula is C21H19NO6S. The Kier molecular flexibility index (Phi) is 5.74. The predicted octanol–water partition coefficient (Wildman–Crippen LogP) is 3.87. The van der Waals surface area contributed by atoms with Gasteiger partial charge in [0.15, 0.2) is 0 Å². The number of nitrogens with one attached hydrogen (secondary N) is 1. The van der Waals surface area contributed by atoms with Gasteiger partial charge in [0.25, 0.3) is 10.0 Å². The van der Waals surface area contributed by atoms with Gasteiger partial charge >= 0.3 is 5.97 Å². The van der Waals surface area contributed by atoms with Crippen LogP contribution in [0, 0.1) is 0 Å². The van der Waals surface area contributed by atoms with E-state index in [9.17, 15) is 13.2 Å². The van der Waals surface area contributed by atoms with Crippen molar-refractivity contribution in [1.82, 2.24) is 0 Å². The highest BCUT2D eigenvalue weighted by atomic mass is 32.2. The van der Waals surface area contributed by atoms with E-state index in [0.29, 0.717) is 22.7 Å². The van der Waals surface area contributed by atoms with E-state index in [1.807, 2.05) is 12.1 Å². The summed E-state index contributed by atoms with van der Waals surface area (Å²) in [5.74, 6) is 0.166. The highest BCUT2D eigenvalue weighted by Crippen LogP contribution is 2.34. The second kappa shape index (κ2) is 8.24. The molecule has 3 rings (SSSR count). The van der Waals surface area contributed by atoms with Gasteiger partial charge in [-0.1, -0.05) is 12.1 Å². The Morgan fingerprint density at radius 2 is 1.55 bits per heavy atom. The first-order valence-corrected chi connectivity index (χ1v) is 10.0. The van der Waals surface area contributed by atoms with Crippen LogP contribution in [0.25, 0.3) is 11.1 Å². The summed E-state index contributed by atoms with van der Waals surface area (Å²) in [5, 5.41) is 8.95. The first kappa shape index (κ1) is 20.2. The van der Waals surface area contributed by atoms with Crippen molar-refractivity contribution in [2.75, 3.05) is 18.9 Å². The lowest BCUT2D eigenvalue weighted by molar-refractivity contribution is 0.0696. The van der Waals surface area contributed by atoms with E-state index in [-0.39, 0.29) is 10.5 Å². The summed E-state index contributed by atoms with van der Waals surface area (Å²) in [5.41, 5.74) is 1.89. The third-order valence-electron chi connectivity index (χ3n) is 4.26. The fourth-order valence-corrected chi connectivity index (χ4v) is 3.81. The third kappa shape index (κ3) is 4.49. The lowest BCUT2D eigenvalue weighted by Gasteiger charge is -2.13. The van der Waals surface area contributed by atoms with Crippen LogP contribution < -0.4 is 14.2 Å². The molecule has 0 unspecified atom stereocenters. The van der Waals surface area contributed by atoms with Gasteiger partial charge in [-0.05, 0) is 60.2 Å². The maximum Gasteiger partial charge on any atom is 0.335 e. The number of sulfonamides is 1. The van der Waals surface area contributed by atoms with Gasteiger partial charge in [-0.15, -0.1) is 0 Å². The second-order valence-electron chi connectivity index (χ2n) is 6.08. The number of rotatable bonds is 7. The topological polar surface area (TPSA) is 102 Å². The number of carbonyl (C=O) groups is 1. The van der Waals surface area contributed by atoms with Crippen molar-refractivity contribution in [3.8, 4) is 22.6 Å². The number of benzene rings is 3. The first-order chi connectivity index (χ1) is 13.8. The molecule has 3 aromatic rings. The second-order valence-corrected chi connectivity index (χ2v) is 7.76. The first-order valence-electron chi connectivity index (χ1n) is 8.52. The Morgan fingerprint density at radius 1 is 0.897 bits per heavy atom. The smallest absolute Gasteiger partial charge is 0.335 e. The molecule has 0 aliphatic rings. The van der Waals surface area contributed by atoms with Crippen LogP contribution in [-0.2, 0) is 10.0 Å². The molecule has 150 valence electrons. The molecule has 0 aliphatic heterocycles. The SMILES string of the molecule is COc1ccc(-c2cc(NS(=O)(=O)c3ccc(C(=O)O)cc3)ccc2OC)cc1. The summed E-state index contributed by atoms with van der Waals surface area (Å²) in [4.78, 5) is 10.9. The Morgan fingerprint density at radius 3 is 2.10 bits per heavy atom. The van der Waals surface area contributed by atoms with Crippen LogP contribution in [-0.4, -0.2) is 33.7 Å². The monoisotopic (exact) mass is 413 g/mol. The predicted molar refractivity (Wildman–Crippen MR) is 109 cm³/mol. The quantitative estimate of drug-likeness (QED) is 0.610. The van der Waals surface area contributed by atoms with Gasteiger partial charge in [-0.2, -0.15) is 0 Å². The van der Waals surface area contributed by atoms with E-state index in [1.54, 1.807) is 37.4 Å². The maximum absolute atomic E-state index is 12.7. The molecule has 0 amide bonds. The molecule has 0 radical (unpaired) electrons. The molecule has 0 atom stereocenters. The molecule has 3 aromatic carbocycles. The van der Waals surface area contributed by atoms with Gasteiger partial charge in [0, 0.05) is 11.3 Å². The van der Waals surface area contributed by atoms with Crippen molar-refractivity contribution in [2.24, 2.45) is 0 Å². The number of carboxylic acids is 1. The summed E-state index contributed by atoms with van der Waals surface area (Å²) >= 11 is 0. The fourth-order valence-electron chi connectivity index (χ4n) is 2.76. The minimum atomic E-state index is -3.89. The molecule has 0 aromatic heterocycles. The van der Waals surface area contributed by atoms with Crippen molar-refractivity contribution < 1.29 is 27.8 Å². The molecule has 2 N–H and O–H groups in total. The zero-order chi connectivity index (χ0) is 21.0. The Balaban J connectivity index is 1.93. The van der Waals surface area contributed by atoms with Crippen LogP contribution in [0.5, 0.6) is 11.5 Å². The molecule has 0 heterocycles. The van der Waals surface area contributed by atoms with Crippen LogP contribution in [0.2, 0.25) is 0 Å². The van der Waals surface area contributed by atoms with Gasteiger partial charge in [0.1, 0.15) is 11.5 Å². The normalized spacial score (nSPS) is 11.0. The van der Waals surface area contributed by atoms with E-state index >= 15 is 0 Å². The molecule has 0 aliphatic carbocycles. The van der Waals surface area contributed by atoms with Crippen molar-refractivity contribution in [1.29, 1.82) is 0 Å². The van der Waals surface area contributed by atoms with E-state index in [1.165, 1.54) is 31.4 Å². The molecule has 8 heteroatoms. The van der Waals surface area contributed by atoms with Crippen molar-refractivity contribution >= 4 is 21.7 Å². The fraction of sp³-hybridized carbons (Fsp3) is 0.0952. The van der Waals surface area contributed by atoms with Crippen LogP contribution in [0.4, 0.5) is 5.69 Å². The van der Waals surface area contributed by atoms with Gasteiger partial charge < -0.3 is 14.6 Å². The molecule has 0 saturated carbocycles. The van der Waals surface area contributed by atoms with Gasteiger partial charge in [-0.3, -0.25) is 4.72 Å². The number of anilines is 1. The standard InChI is InChI=1S/C21H19NO6S/c1-27-17-8-3-14(4-9-17)19-13-16(7-12-20(19)28-2)22-29(25,26)18-10-5-15(6-11-18)21(23)24/h3-13,22H,1-2H3,(H,23,24). The number of hydrogen-bond donors (Lipinski definition) is 2. The van der Waals surface area contributed by atoms with E-state index < -0.39 is 16.0 Å². The molecule has 0 saturated heterocycles. The Bertz CT molecular complexity index is 1120. The molecule has 0 spiro atoms. The number of methoxy groups -OCH3 is 2. The molecular weight excluding hydrogens is 394 g/mol. The third-order valence-corrected chi connectivity index (χ3v) is 5.66. The highest BCUT2D eigenvalue weighted by molar-refractivity contribution is 7.92. The Hall–Kier alpha value is -3.52. The van der Waals surface area contributed by atoms with Crippen LogP contribution in [0.1, 0.15) is 10.4 Å². The van der Waals surface area contributed by atoms with Crippen molar-refractivity contribution in [2.45, 2.75) is 4.90 Å². The average Bonchev–Trinajstić information content (AvgIpc) is 2.73. The average molecular weight is 413 g/mol. The highest BCUT2D eigenvalue weighted by Gasteiger charge is 2.16. The van der Waals surface area contributed by atoms with E-state index in [0.717, 1.165) is 5.56 Å². The largest absolute Gasteiger partial charge is 0.497 e. The zero-order valence-corrected chi connectivity index (χ0v) is 16.6. The summed E-state index contributed by atoms with van der Waals surface area (Å²) in [7, 11) is -0.773. The minimum absolute atomic E-state index is 0.00943. The molecule has 7 nitrogen and oxygen atoms in total. The molecule has 0 bridgehead atoms. The lowest BCUT2D eigenvalue weighted by Crippen LogP contribution is -2.13. The lowest BCUT2D eigenvalue weighted by atomic mass is 10.0. The van der Waals surface area contributed by atoms with Crippen molar-refractivity contribution in [3.63, 3.8) is 0 Å². The summed E-state index contributed by atoms with van der Waals surface area (Å²) in [6, 6.07) is 17.2. The minimum Gasteiger partial charge on any atom is -0.497 e.